The molecule has 140 valence electrons. The lowest BCUT2D eigenvalue weighted by molar-refractivity contribution is -0.137. The van der Waals surface area contributed by atoms with Crippen LogP contribution < -0.4 is 10.9 Å². The first-order valence-corrected chi connectivity index (χ1v) is 8.28. The molecule has 5 nitrogen and oxygen atoms in total. The second-order valence-corrected chi connectivity index (χ2v) is 6.01. The molecular weight excluding hydrogens is 359 g/mol. The Morgan fingerprint density at radius 1 is 1.11 bits per heavy atom. The lowest BCUT2D eigenvalue weighted by Crippen LogP contribution is -2.14. The molecular formula is C19H16F3N3O2. The minimum absolute atomic E-state index is 0.0899. The minimum Gasteiger partial charge on any atom is -0.326 e. The van der Waals surface area contributed by atoms with E-state index in [1.807, 2.05) is 0 Å². The molecule has 0 unspecified atom stereocenters. The van der Waals surface area contributed by atoms with Gasteiger partial charge < -0.3 is 10.3 Å². The molecule has 0 aliphatic carbocycles. The van der Waals surface area contributed by atoms with Gasteiger partial charge in [0.25, 0.3) is 5.56 Å². The van der Waals surface area contributed by atoms with Gasteiger partial charge in [0.15, 0.2) is 0 Å². The van der Waals surface area contributed by atoms with Gasteiger partial charge in [-0.1, -0.05) is 18.2 Å². The maximum absolute atomic E-state index is 12.7. The number of aromatic nitrogens is 2. The van der Waals surface area contributed by atoms with Crippen molar-refractivity contribution in [3.8, 4) is 0 Å². The van der Waals surface area contributed by atoms with Crippen LogP contribution in [0, 0.1) is 0 Å². The van der Waals surface area contributed by atoms with Crippen LogP contribution in [0.2, 0.25) is 0 Å². The first-order valence-electron chi connectivity index (χ1n) is 8.28. The Labute approximate surface area is 152 Å². The number of nitrogens with one attached hydrogen (secondary N) is 2. The molecule has 0 radical (unpaired) electrons. The number of halogens is 3. The van der Waals surface area contributed by atoms with Crippen molar-refractivity contribution in [3.05, 3.63) is 70.3 Å². The molecule has 1 aromatic heterocycles. The molecule has 27 heavy (non-hydrogen) atoms. The summed E-state index contributed by atoms with van der Waals surface area (Å²) < 4.78 is 38.1. The summed E-state index contributed by atoms with van der Waals surface area (Å²) >= 11 is 0. The van der Waals surface area contributed by atoms with Gasteiger partial charge in [0.1, 0.15) is 5.82 Å². The van der Waals surface area contributed by atoms with Gasteiger partial charge >= 0.3 is 6.18 Å². The van der Waals surface area contributed by atoms with Crippen LogP contribution in [0.25, 0.3) is 10.9 Å². The third-order valence-electron chi connectivity index (χ3n) is 3.95. The summed E-state index contributed by atoms with van der Waals surface area (Å²) in [6, 6.07) is 11.4. The minimum atomic E-state index is -4.46. The van der Waals surface area contributed by atoms with E-state index in [-0.39, 0.29) is 17.7 Å². The number of benzene rings is 2. The number of H-pyrrole nitrogens is 1. The number of amides is 1. The lowest BCUT2D eigenvalue weighted by Gasteiger charge is -2.10. The third-order valence-corrected chi connectivity index (χ3v) is 3.95. The molecule has 0 spiro atoms. The molecule has 8 heteroatoms. The van der Waals surface area contributed by atoms with E-state index in [1.165, 1.54) is 12.1 Å². The maximum atomic E-state index is 12.7. The first kappa shape index (κ1) is 18.6. The van der Waals surface area contributed by atoms with Crippen LogP contribution in [-0.2, 0) is 17.4 Å². The van der Waals surface area contributed by atoms with Crippen LogP contribution in [0.1, 0.15) is 24.2 Å². The number of anilines is 1. The Hall–Kier alpha value is -3.16. The van der Waals surface area contributed by atoms with Crippen molar-refractivity contribution in [1.29, 1.82) is 0 Å². The van der Waals surface area contributed by atoms with Crippen molar-refractivity contribution < 1.29 is 18.0 Å². The van der Waals surface area contributed by atoms with E-state index in [0.29, 0.717) is 29.6 Å². The average Bonchev–Trinajstić information content (AvgIpc) is 2.61. The molecule has 0 aliphatic rings. The number of hydrogen-bond donors (Lipinski definition) is 2. The first-order chi connectivity index (χ1) is 12.8. The second-order valence-electron chi connectivity index (χ2n) is 6.01. The van der Waals surface area contributed by atoms with Crippen LogP contribution in [0.3, 0.4) is 0 Å². The van der Waals surface area contributed by atoms with Gasteiger partial charge in [-0.3, -0.25) is 9.59 Å². The predicted molar refractivity (Wildman–Crippen MR) is 95.4 cm³/mol. The fourth-order valence-corrected chi connectivity index (χ4v) is 2.67. The number of rotatable bonds is 5. The van der Waals surface area contributed by atoms with Crippen LogP contribution >= 0.6 is 0 Å². The SMILES string of the molecule is O=C(CCCc1nc2ccccc2c(=O)[nH]1)Nc1cccc(C(F)(F)F)c1. The normalized spacial score (nSPS) is 11.5. The number of carbonyl (C=O) groups excluding carboxylic acids is 1. The summed E-state index contributed by atoms with van der Waals surface area (Å²) in [6.45, 7) is 0. The molecule has 0 bridgehead atoms. The predicted octanol–water partition coefficient (Wildman–Crippen LogP) is 3.90. The highest BCUT2D eigenvalue weighted by molar-refractivity contribution is 5.90. The van der Waals surface area contributed by atoms with Gasteiger partial charge in [0, 0.05) is 18.5 Å². The zero-order chi connectivity index (χ0) is 19.4. The van der Waals surface area contributed by atoms with Crippen molar-refractivity contribution in [3.63, 3.8) is 0 Å². The number of aryl methyl sites for hydroxylation is 1. The summed E-state index contributed by atoms with van der Waals surface area (Å²) in [5, 5.41) is 2.94. The Morgan fingerprint density at radius 2 is 1.89 bits per heavy atom. The highest BCUT2D eigenvalue weighted by atomic mass is 19.4. The van der Waals surface area contributed by atoms with Gasteiger partial charge in [-0.15, -0.1) is 0 Å². The number of nitrogens with zero attached hydrogens (tertiary/aromatic N) is 1. The Morgan fingerprint density at radius 3 is 2.67 bits per heavy atom. The molecule has 3 aromatic rings. The molecule has 1 amide bonds. The standard InChI is InChI=1S/C19H16F3N3O2/c20-19(21,22)12-5-3-6-13(11-12)23-17(26)10-4-9-16-24-15-8-2-1-7-14(15)18(27)25-16/h1-3,5-8,11H,4,9-10H2,(H,23,26)(H,24,25,27). The van der Waals surface area contributed by atoms with Crippen LogP contribution in [0.5, 0.6) is 0 Å². The fourth-order valence-electron chi connectivity index (χ4n) is 2.67. The van der Waals surface area contributed by atoms with E-state index >= 15 is 0 Å². The summed E-state index contributed by atoms with van der Waals surface area (Å²) in [4.78, 5) is 31.0. The van der Waals surface area contributed by atoms with Gasteiger partial charge in [-0.25, -0.2) is 4.98 Å². The summed E-state index contributed by atoms with van der Waals surface area (Å²) in [7, 11) is 0. The van der Waals surface area contributed by atoms with Crippen molar-refractivity contribution in [2.45, 2.75) is 25.4 Å². The molecule has 0 aliphatic heterocycles. The van der Waals surface area contributed by atoms with Gasteiger partial charge in [0.2, 0.25) is 5.91 Å². The molecule has 0 atom stereocenters. The number of carbonyl (C=O) groups is 1. The van der Waals surface area contributed by atoms with Crippen molar-refractivity contribution in [2.75, 3.05) is 5.32 Å². The van der Waals surface area contributed by atoms with E-state index < -0.39 is 17.6 Å². The zero-order valence-corrected chi connectivity index (χ0v) is 14.1. The monoisotopic (exact) mass is 375 g/mol. The highest BCUT2D eigenvalue weighted by Gasteiger charge is 2.30. The largest absolute Gasteiger partial charge is 0.416 e. The third kappa shape index (κ3) is 4.72. The molecule has 1 heterocycles. The Kier molecular flexibility index (Phi) is 5.25. The summed E-state index contributed by atoms with van der Waals surface area (Å²) in [5.74, 6) is 0.0584. The van der Waals surface area contributed by atoms with Gasteiger partial charge in [-0.05, 0) is 36.8 Å². The van der Waals surface area contributed by atoms with E-state index in [4.69, 9.17) is 0 Å². The van der Waals surface area contributed by atoms with Gasteiger partial charge in [-0.2, -0.15) is 13.2 Å². The quantitative estimate of drug-likeness (QED) is 0.710. The van der Waals surface area contributed by atoms with E-state index in [9.17, 15) is 22.8 Å². The van der Waals surface area contributed by atoms with E-state index in [1.54, 1.807) is 24.3 Å². The number of alkyl halides is 3. The summed E-state index contributed by atoms with van der Waals surface area (Å²) in [5.41, 5.74) is -0.404. The van der Waals surface area contributed by atoms with Crippen LogP contribution in [0.4, 0.5) is 18.9 Å². The number of hydrogen-bond acceptors (Lipinski definition) is 3. The van der Waals surface area contributed by atoms with E-state index in [0.717, 1.165) is 12.1 Å². The number of fused-ring (bicyclic) bond motifs is 1. The van der Waals surface area contributed by atoms with Gasteiger partial charge in [0.05, 0.1) is 16.5 Å². The molecule has 0 saturated carbocycles. The van der Waals surface area contributed by atoms with Crippen molar-refractivity contribution in [2.24, 2.45) is 0 Å². The fraction of sp³-hybridized carbons (Fsp3) is 0.211. The number of para-hydroxylation sites is 1. The number of aromatic amines is 1. The van der Waals surface area contributed by atoms with E-state index in [2.05, 4.69) is 15.3 Å². The summed E-state index contributed by atoms with van der Waals surface area (Å²) in [6.07, 6.45) is -3.61. The highest BCUT2D eigenvalue weighted by Crippen LogP contribution is 2.30. The topological polar surface area (TPSA) is 74.8 Å². The molecule has 3 rings (SSSR count). The van der Waals surface area contributed by atoms with Crippen LogP contribution in [0.15, 0.2) is 53.3 Å². The molecule has 0 saturated heterocycles. The lowest BCUT2D eigenvalue weighted by atomic mass is 10.1. The molecule has 2 N–H and O–H groups in total. The zero-order valence-electron chi connectivity index (χ0n) is 14.1. The second kappa shape index (κ2) is 7.61. The molecule has 2 aromatic carbocycles. The van der Waals surface area contributed by atoms with Crippen molar-refractivity contribution in [1.82, 2.24) is 9.97 Å². The van der Waals surface area contributed by atoms with Crippen LogP contribution in [-0.4, -0.2) is 15.9 Å². The Balaban J connectivity index is 1.58. The average molecular weight is 375 g/mol. The van der Waals surface area contributed by atoms with Crippen molar-refractivity contribution >= 4 is 22.5 Å². The maximum Gasteiger partial charge on any atom is 0.416 e. The smallest absolute Gasteiger partial charge is 0.326 e. The molecule has 0 fully saturated rings. The Bertz CT molecular complexity index is 1030.